The molecule has 0 spiro atoms. The Morgan fingerprint density at radius 2 is 1.80 bits per heavy atom. The second-order valence-corrected chi connectivity index (χ2v) is 7.51. The number of quaternary nitrogens is 1. The number of benzene rings is 1. The van der Waals surface area contributed by atoms with Gasteiger partial charge in [-0.1, -0.05) is 18.6 Å². The zero-order valence-corrected chi connectivity index (χ0v) is 15.1. The van der Waals surface area contributed by atoms with E-state index in [4.69, 9.17) is 4.74 Å². The van der Waals surface area contributed by atoms with Crippen molar-refractivity contribution in [2.45, 2.75) is 57.3 Å². The third kappa shape index (κ3) is 5.21. The van der Waals surface area contributed by atoms with Gasteiger partial charge >= 0.3 is 12.1 Å². The van der Waals surface area contributed by atoms with E-state index in [9.17, 15) is 18.0 Å². The maximum atomic E-state index is 13.0. The molecule has 1 aliphatic carbocycles. The molecular weight excluding hydrogens is 331 g/mol. The van der Waals surface area contributed by atoms with Gasteiger partial charge < -0.3 is 9.22 Å². The third-order valence-corrected chi connectivity index (χ3v) is 5.05. The average molecular weight is 358 g/mol. The van der Waals surface area contributed by atoms with Crippen LogP contribution in [0.2, 0.25) is 0 Å². The molecule has 1 atom stereocenters. The van der Waals surface area contributed by atoms with Crippen LogP contribution in [0.25, 0.3) is 0 Å². The lowest BCUT2D eigenvalue weighted by molar-refractivity contribution is -0.918. The molecule has 1 aromatic rings. The van der Waals surface area contributed by atoms with Crippen molar-refractivity contribution in [3.63, 3.8) is 0 Å². The van der Waals surface area contributed by atoms with Crippen LogP contribution in [0.15, 0.2) is 24.3 Å². The highest BCUT2D eigenvalue weighted by molar-refractivity contribution is 5.91. The zero-order chi connectivity index (χ0) is 18.7. The summed E-state index contributed by atoms with van der Waals surface area (Å²) in [6, 6.07) is 5.27. The fourth-order valence-corrected chi connectivity index (χ4v) is 3.78. The van der Waals surface area contributed by atoms with E-state index in [-0.39, 0.29) is 0 Å². The normalized spacial score (nSPS) is 18.0. The predicted octanol–water partition coefficient (Wildman–Crippen LogP) is 4.66. The molecule has 0 saturated heterocycles. The van der Waals surface area contributed by atoms with Crippen molar-refractivity contribution in [2.75, 3.05) is 20.6 Å². The Hall–Kier alpha value is -1.56. The number of alkyl halides is 3. The minimum Gasteiger partial charge on any atom is -0.453 e. The first-order chi connectivity index (χ1) is 11.6. The largest absolute Gasteiger partial charge is 0.453 e. The van der Waals surface area contributed by atoms with Gasteiger partial charge in [0.15, 0.2) is 0 Å². The SMILES string of the molecule is CC(C[N+](C)(C)C1CCCCC1)OC(=O)c1ccccc1C(F)(F)F. The van der Waals surface area contributed by atoms with E-state index in [1.54, 1.807) is 6.92 Å². The molecule has 1 aliphatic rings. The Balaban J connectivity index is 2.03. The highest BCUT2D eigenvalue weighted by atomic mass is 19.4. The number of esters is 1. The van der Waals surface area contributed by atoms with Gasteiger partial charge in [-0.15, -0.1) is 0 Å². The minimum atomic E-state index is -4.57. The standard InChI is InChI=1S/C19H27F3NO2/c1-14(13-23(2,3)15-9-5-4-6-10-15)25-18(24)16-11-7-8-12-17(16)19(20,21)22/h7-8,11-12,14-15H,4-6,9-10,13H2,1-3H3/q+1. The van der Waals surface area contributed by atoms with Crippen molar-refractivity contribution in [1.29, 1.82) is 0 Å². The number of likely N-dealkylation sites (N-methyl/N-ethyl adjacent to an activating group) is 1. The van der Waals surface area contributed by atoms with Gasteiger partial charge in [0.25, 0.3) is 0 Å². The highest BCUT2D eigenvalue weighted by Gasteiger charge is 2.36. The molecule has 3 nitrogen and oxygen atoms in total. The van der Waals surface area contributed by atoms with E-state index >= 15 is 0 Å². The molecule has 6 heteroatoms. The number of hydrogen-bond acceptors (Lipinski definition) is 2. The van der Waals surface area contributed by atoms with E-state index < -0.39 is 29.4 Å². The molecule has 0 radical (unpaired) electrons. The first-order valence-corrected chi connectivity index (χ1v) is 8.81. The summed E-state index contributed by atoms with van der Waals surface area (Å²) in [4.78, 5) is 12.3. The maximum absolute atomic E-state index is 13.0. The van der Waals surface area contributed by atoms with E-state index in [0.29, 0.717) is 12.6 Å². The molecular formula is C19H27F3NO2+. The van der Waals surface area contributed by atoms with Gasteiger partial charge in [0.2, 0.25) is 0 Å². The Kier molecular flexibility index (Phi) is 6.14. The van der Waals surface area contributed by atoms with Crippen molar-refractivity contribution in [1.82, 2.24) is 0 Å². The summed E-state index contributed by atoms with van der Waals surface area (Å²) in [6.45, 7) is 2.33. The Morgan fingerprint density at radius 3 is 2.40 bits per heavy atom. The minimum absolute atomic E-state index is 0.426. The zero-order valence-electron chi connectivity index (χ0n) is 15.1. The predicted molar refractivity (Wildman–Crippen MR) is 90.2 cm³/mol. The highest BCUT2D eigenvalue weighted by Crippen LogP contribution is 2.32. The molecule has 2 rings (SSSR count). The molecule has 1 saturated carbocycles. The van der Waals surface area contributed by atoms with Crippen LogP contribution >= 0.6 is 0 Å². The summed E-state index contributed by atoms with van der Waals surface area (Å²) in [5.74, 6) is -0.913. The fraction of sp³-hybridized carbons (Fsp3) is 0.632. The number of nitrogens with zero attached hydrogens (tertiary/aromatic N) is 1. The first kappa shape index (κ1) is 19.8. The number of rotatable bonds is 5. The number of carbonyl (C=O) groups is 1. The summed E-state index contributed by atoms with van der Waals surface area (Å²) in [5.41, 5.74) is -1.38. The molecule has 0 amide bonds. The molecule has 0 N–H and O–H groups in total. The van der Waals surface area contributed by atoms with Gasteiger partial charge in [-0.25, -0.2) is 4.79 Å². The van der Waals surface area contributed by atoms with E-state index in [1.165, 1.54) is 37.5 Å². The maximum Gasteiger partial charge on any atom is 0.417 e. The number of hydrogen-bond donors (Lipinski definition) is 0. The lowest BCUT2D eigenvalue weighted by atomic mass is 9.93. The quantitative estimate of drug-likeness (QED) is 0.565. The number of carbonyl (C=O) groups excluding carboxylic acids is 1. The second-order valence-electron chi connectivity index (χ2n) is 7.51. The Labute approximate surface area is 147 Å². The van der Waals surface area contributed by atoms with Crippen LogP contribution in [0.5, 0.6) is 0 Å². The summed E-state index contributed by atoms with van der Waals surface area (Å²) < 4.78 is 45.2. The number of ether oxygens (including phenoxy) is 1. The van der Waals surface area contributed by atoms with Crippen molar-refractivity contribution in [2.24, 2.45) is 0 Å². The van der Waals surface area contributed by atoms with Crippen molar-refractivity contribution >= 4 is 5.97 Å². The lowest BCUT2D eigenvalue weighted by Crippen LogP contribution is -2.53. The first-order valence-electron chi connectivity index (χ1n) is 8.81. The summed E-state index contributed by atoms with van der Waals surface area (Å²) in [7, 11) is 4.20. The van der Waals surface area contributed by atoms with E-state index in [1.807, 2.05) is 0 Å². The molecule has 0 heterocycles. The summed E-state index contributed by atoms with van der Waals surface area (Å²) >= 11 is 0. The Morgan fingerprint density at radius 1 is 1.20 bits per heavy atom. The van der Waals surface area contributed by atoms with Crippen LogP contribution < -0.4 is 0 Å². The summed E-state index contributed by atoms with van der Waals surface area (Å²) in [6.07, 6.45) is 0.935. The Bertz CT molecular complexity index is 593. The molecule has 140 valence electrons. The molecule has 25 heavy (non-hydrogen) atoms. The van der Waals surface area contributed by atoms with Crippen molar-refractivity contribution < 1.29 is 27.2 Å². The summed E-state index contributed by atoms with van der Waals surface area (Å²) in [5, 5.41) is 0. The van der Waals surface area contributed by atoms with E-state index in [0.717, 1.165) is 23.4 Å². The average Bonchev–Trinajstić information content (AvgIpc) is 2.54. The fourth-order valence-electron chi connectivity index (χ4n) is 3.78. The van der Waals surface area contributed by atoms with Crippen LogP contribution in [-0.2, 0) is 10.9 Å². The molecule has 1 aromatic carbocycles. The smallest absolute Gasteiger partial charge is 0.417 e. The topological polar surface area (TPSA) is 26.3 Å². The van der Waals surface area contributed by atoms with Crippen molar-refractivity contribution in [3.05, 3.63) is 35.4 Å². The molecule has 1 fully saturated rings. The monoisotopic (exact) mass is 358 g/mol. The molecule has 1 unspecified atom stereocenters. The van der Waals surface area contributed by atoms with Gasteiger partial charge in [0, 0.05) is 0 Å². The van der Waals surface area contributed by atoms with Crippen LogP contribution in [0.1, 0.15) is 54.9 Å². The van der Waals surface area contributed by atoms with Crippen molar-refractivity contribution in [3.8, 4) is 0 Å². The van der Waals surface area contributed by atoms with Gasteiger partial charge in [-0.3, -0.25) is 0 Å². The third-order valence-electron chi connectivity index (χ3n) is 5.05. The van der Waals surface area contributed by atoms with E-state index in [2.05, 4.69) is 14.1 Å². The van der Waals surface area contributed by atoms with Gasteiger partial charge in [0.1, 0.15) is 12.6 Å². The molecule has 0 aliphatic heterocycles. The second kappa shape index (κ2) is 7.77. The molecule has 0 aromatic heterocycles. The number of halogens is 3. The van der Waals surface area contributed by atoms with Gasteiger partial charge in [-0.05, 0) is 44.7 Å². The molecule has 0 bridgehead atoms. The van der Waals surface area contributed by atoms with Gasteiger partial charge in [-0.2, -0.15) is 13.2 Å². The van der Waals surface area contributed by atoms with Crippen LogP contribution in [-0.4, -0.2) is 43.2 Å². The van der Waals surface area contributed by atoms with Gasteiger partial charge in [0.05, 0.1) is 31.3 Å². The lowest BCUT2D eigenvalue weighted by Gasteiger charge is -2.41. The van der Waals surface area contributed by atoms with Crippen LogP contribution in [0, 0.1) is 0 Å². The van der Waals surface area contributed by atoms with Crippen LogP contribution in [0.4, 0.5) is 13.2 Å². The van der Waals surface area contributed by atoms with Crippen LogP contribution in [0.3, 0.4) is 0 Å².